The van der Waals surface area contributed by atoms with Crippen molar-refractivity contribution in [1.29, 1.82) is 0 Å². The SMILES string of the molecule is CC(C)C1CCC(=O)C(F)C1. The Balaban J connectivity index is 2.46. The largest absolute Gasteiger partial charge is 0.296 e. The zero-order valence-electron chi connectivity index (χ0n) is 7.14. The smallest absolute Gasteiger partial charge is 0.166 e. The van der Waals surface area contributed by atoms with E-state index in [1.54, 1.807) is 0 Å². The van der Waals surface area contributed by atoms with Crippen LogP contribution in [-0.2, 0) is 4.79 Å². The lowest BCUT2D eigenvalue weighted by molar-refractivity contribution is -0.127. The molecular formula is C9H15FO. The van der Waals surface area contributed by atoms with Crippen LogP contribution in [0.1, 0.15) is 33.1 Å². The molecule has 2 atom stereocenters. The van der Waals surface area contributed by atoms with Gasteiger partial charge in [-0.3, -0.25) is 4.79 Å². The van der Waals surface area contributed by atoms with E-state index in [1.807, 2.05) is 0 Å². The maximum Gasteiger partial charge on any atom is 0.166 e. The van der Waals surface area contributed by atoms with E-state index in [0.717, 1.165) is 6.42 Å². The van der Waals surface area contributed by atoms with Gasteiger partial charge in [-0.05, 0) is 24.7 Å². The molecule has 0 aromatic rings. The monoisotopic (exact) mass is 158 g/mol. The third kappa shape index (κ3) is 2.01. The van der Waals surface area contributed by atoms with Gasteiger partial charge in [-0.2, -0.15) is 0 Å². The topological polar surface area (TPSA) is 17.1 Å². The number of carbonyl (C=O) groups is 1. The van der Waals surface area contributed by atoms with Gasteiger partial charge in [-0.1, -0.05) is 13.8 Å². The van der Waals surface area contributed by atoms with Gasteiger partial charge in [0.2, 0.25) is 0 Å². The lowest BCUT2D eigenvalue weighted by Crippen LogP contribution is -2.28. The van der Waals surface area contributed by atoms with Crippen molar-refractivity contribution in [3.05, 3.63) is 0 Å². The molecule has 0 amide bonds. The van der Waals surface area contributed by atoms with Crippen molar-refractivity contribution in [2.75, 3.05) is 0 Å². The van der Waals surface area contributed by atoms with Crippen LogP contribution >= 0.6 is 0 Å². The van der Waals surface area contributed by atoms with Crippen LogP contribution in [0.2, 0.25) is 0 Å². The molecule has 64 valence electrons. The molecule has 0 spiro atoms. The molecule has 0 aromatic carbocycles. The summed E-state index contributed by atoms with van der Waals surface area (Å²) in [6.45, 7) is 4.18. The zero-order chi connectivity index (χ0) is 8.43. The number of Topliss-reactive ketones (excluding diaryl/α,β-unsaturated/α-hetero) is 1. The molecule has 1 aliphatic carbocycles. The molecule has 11 heavy (non-hydrogen) atoms. The Hall–Kier alpha value is -0.400. The van der Waals surface area contributed by atoms with Crippen molar-refractivity contribution in [3.63, 3.8) is 0 Å². The highest BCUT2D eigenvalue weighted by Crippen LogP contribution is 2.29. The number of rotatable bonds is 1. The van der Waals surface area contributed by atoms with E-state index in [2.05, 4.69) is 13.8 Å². The minimum atomic E-state index is -1.17. The fourth-order valence-corrected chi connectivity index (χ4v) is 1.60. The summed E-state index contributed by atoms with van der Waals surface area (Å²) in [5.41, 5.74) is 0. The lowest BCUT2D eigenvalue weighted by Gasteiger charge is -2.26. The van der Waals surface area contributed by atoms with Crippen molar-refractivity contribution >= 4 is 5.78 Å². The Morgan fingerprint density at radius 2 is 2.18 bits per heavy atom. The number of hydrogen-bond donors (Lipinski definition) is 0. The Morgan fingerprint density at radius 1 is 1.55 bits per heavy atom. The minimum absolute atomic E-state index is 0.193. The lowest BCUT2D eigenvalue weighted by atomic mass is 9.80. The van der Waals surface area contributed by atoms with Gasteiger partial charge in [0, 0.05) is 6.42 Å². The van der Waals surface area contributed by atoms with Crippen LogP contribution in [0, 0.1) is 11.8 Å². The van der Waals surface area contributed by atoms with E-state index < -0.39 is 6.17 Å². The van der Waals surface area contributed by atoms with Crippen LogP contribution in [-0.4, -0.2) is 12.0 Å². The third-order valence-corrected chi connectivity index (χ3v) is 2.56. The van der Waals surface area contributed by atoms with E-state index in [1.165, 1.54) is 0 Å². The van der Waals surface area contributed by atoms with Gasteiger partial charge < -0.3 is 0 Å². The van der Waals surface area contributed by atoms with Crippen LogP contribution in [0.3, 0.4) is 0 Å². The maximum absolute atomic E-state index is 12.8. The van der Waals surface area contributed by atoms with Crippen LogP contribution < -0.4 is 0 Å². The van der Waals surface area contributed by atoms with Gasteiger partial charge in [0.1, 0.15) is 0 Å². The Bertz CT molecular complexity index is 154. The molecule has 0 saturated heterocycles. The molecule has 0 radical (unpaired) electrons. The molecule has 2 heteroatoms. The van der Waals surface area contributed by atoms with Crippen molar-refractivity contribution < 1.29 is 9.18 Å². The van der Waals surface area contributed by atoms with E-state index in [9.17, 15) is 9.18 Å². The summed E-state index contributed by atoms with van der Waals surface area (Å²) >= 11 is 0. The van der Waals surface area contributed by atoms with E-state index >= 15 is 0 Å². The molecule has 1 fully saturated rings. The first kappa shape index (κ1) is 8.69. The fraction of sp³-hybridized carbons (Fsp3) is 0.889. The highest BCUT2D eigenvalue weighted by molar-refractivity contribution is 5.83. The molecule has 0 aromatic heterocycles. The Kier molecular flexibility index (Phi) is 2.63. The van der Waals surface area contributed by atoms with Crippen molar-refractivity contribution in [2.45, 2.75) is 39.3 Å². The summed E-state index contributed by atoms with van der Waals surface area (Å²) in [7, 11) is 0. The predicted octanol–water partition coefficient (Wildman–Crippen LogP) is 2.35. The van der Waals surface area contributed by atoms with Gasteiger partial charge in [0.05, 0.1) is 0 Å². The number of hydrogen-bond acceptors (Lipinski definition) is 1. The van der Waals surface area contributed by atoms with Crippen molar-refractivity contribution in [3.8, 4) is 0 Å². The van der Waals surface area contributed by atoms with E-state index in [-0.39, 0.29) is 5.78 Å². The summed E-state index contributed by atoms with van der Waals surface area (Å²) in [5, 5.41) is 0. The molecule has 1 nitrogen and oxygen atoms in total. The number of alkyl halides is 1. The molecule has 2 unspecified atom stereocenters. The molecule has 0 bridgehead atoms. The highest BCUT2D eigenvalue weighted by Gasteiger charge is 2.29. The zero-order valence-corrected chi connectivity index (χ0v) is 7.14. The third-order valence-electron chi connectivity index (χ3n) is 2.56. The predicted molar refractivity (Wildman–Crippen MR) is 42.1 cm³/mol. The fourth-order valence-electron chi connectivity index (χ4n) is 1.60. The first-order chi connectivity index (χ1) is 5.11. The second-order valence-corrected chi connectivity index (χ2v) is 3.71. The standard InChI is InChI=1S/C9H15FO/c1-6(2)7-3-4-9(11)8(10)5-7/h6-8H,3-5H2,1-2H3. The Labute approximate surface area is 67.0 Å². The molecule has 0 heterocycles. The van der Waals surface area contributed by atoms with E-state index in [0.29, 0.717) is 24.7 Å². The van der Waals surface area contributed by atoms with Crippen LogP contribution in [0.4, 0.5) is 4.39 Å². The van der Waals surface area contributed by atoms with Crippen LogP contribution in [0.25, 0.3) is 0 Å². The van der Waals surface area contributed by atoms with Crippen LogP contribution in [0.5, 0.6) is 0 Å². The van der Waals surface area contributed by atoms with Gasteiger partial charge in [-0.15, -0.1) is 0 Å². The van der Waals surface area contributed by atoms with Gasteiger partial charge in [0.25, 0.3) is 0 Å². The van der Waals surface area contributed by atoms with Crippen molar-refractivity contribution in [2.24, 2.45) is 11.8 Å². The second kappa shape index (κ2) is 3.33. The second-order valence-electron chi connectivity index (χ2n) is 3.71. The quantitative estimate of drug-likeness (QED) is 0.572. The minimum Gasteiger partial charge on any atom is -0.296 e. The summed E-state index contributed by atoms with van der Waals surface area (Å²) in [6, 6.07) is 0. The molecule has 0 N–H and O–H groups in total. The normalized spacial score (nSPS) is 32.9. The van der Waals surface area contributed by atoms with Crippen LogP contribution in [0.15, 0.2) is 0 Å². The number of ketones is 1. The highest BCUT2D eigenvalue weighted by atomic mass is 19.1. The average Bonchev–Trinajstić information content (AvgIpc) is 1.94. The molecule has 1 aliphatic rings. The number of carbonyl (C=O) groups excluding carboxylic acids is 1. The average molecular weight is 158 g/mol. The summed E-state index contributed by atoms with van der Waals surface area (Å²) in [5.74, 6) is 0.742. The summed E-state index contributed by atoms with van der Waals surface area (Å²) in [6.07, 6.45) is 0.619. The maximum atomic E-state index is 12.8. The molecule has 0 aliphatic heterocycles. The summed E-state index contributed by atoms with van der Waals surface area (Å²) in [4.78, 5) is 10.8. The molecular weight excluding hydrogens is 143 g/mol. The Morgan fingerprint density at radius 3 is 2.64 bits per heavy atom. The first-order valence-corrected chi connectivity index (χ1v) is 4.28. The number of halogens is 1. The summed E-state index contributed by atoms with van der Waals surface area (Å²) < 4.78 is 12.8. The van der Waals surface area contributed by atoms with E-state index in [4.69, 9.17) is 0 Å². The van der Waals surface area contributed by atoms with Gasteiger partial charge in [0.15, 0.2) is 12.0 Å². The molecule has 1 saturated carbocycles. The van der Waals surface area contributed by atoms with Crippen molar-refractivity contribution in [1.82, 2.24) is 0 Å². The van der Waals surface area contributed by atoms with Gasteiger partial charge >= 0.3 is 0 Å². The first-order valence-electron chi connectivity index (χ1n) is 4.28. The molecule has 1 rings (SSSR count). The van der Waals surface area contributed by atoms with Gasteiger partial charge in [-0.25, -0.2) is 4.39 Å².